The third-order valence-electron chi connectivity index (χ3n) is 3.26. The van der Waals surface area contributed by atoms with E-state index in [9.17, 15) is 9.59 Å². The molecule has 0 atom stereocenters. The van der Waals surface area contributed by atoms with Gasteiger partial charge in [-0.25, -0.2) is 4.79 Å². The zero-order chi connectivity index (χ0) is 17.1. The van der Waals surface area contributed by atoms with Crippen LogP contribution in [-0.4, -0.2) is 28.6 Å². The summed E-state index contributed by atoms with van der Waals surface area (Å²) >= 11 is 0. The van der Waals surface area contributed by atoms with Gasteiger partial charge in [-0.3, -0.25) is 4.79 Å². The molecule has 1 aromatic rings. The molecule has 0 saturated heterocycles. The van der Waals surface area contributed by atoms with Gasteiger partial charge in [0, 0.05) is 17.8 Å². The second-order valence-corrected chi connectivity index (χ2v) is 6.26. The average molecular weight is 306 g/mol. The lowest BCUT2D eigenvalue weighted by molar-refractivity contribution is 0.0513. The van der Waals surface area contributed by atoms with E-state index in [0.29, 0.717) is 30.0 Å². The molecule has 5 heteroatoms. The molecule has 1 amide bonds. The second kappa shape index (κ2) is 6.81. The molecule has 122 valence electrons. The van der Waals surface area contributed by atoms with Gasteiger partial charge in [-0.05, 0) is 47.1 Å². The van der Waals surface area contributed by atoms with Crippen molar-refractivity contribution < 1.29 is 14.3 Å². The highest BCUT2D eigenvalue weighted by Crippen LogP contribution is 2.24. The highest BCUT2D eigenvalue weighted by Gasteiger charge is 2.28. The van der Waals surface area contributed by atoms with Gasteiger partial charge in [0.25, 0.3) is 5.91 Å². The van der Waals surface area contributed by atoms with E-state index in [1.807, 2.05) is 27.7 Å². The predicted octanol–water partition coefficient (Wildman–Crippen LogP) is 3.00. The summed E-state index contributed by atoms with van der Waals surface area (Å²) < 4.78 is 6.89. The Morgan fingerprint density at radius 3 is 2.36 bits per heavy atom. The van der Waals surface area contributed by atoms with Gasteiger partial charge in [0.15, 0.2) is 0 Å². The molecule has 0 aliphatic heterocycles. The number of nitrogens with zero attached hydrogens (tertiary/aromatic N) is 1. The predicted molar refractivity (Wildman–Crippen MR) is 87.3 cm³/mol. The Kier molecular flexibility index (Phi) is 5.58. The van der Waals surface area contributed by atoms with Gasteiger partial charge < -0.3 is 14.6 Å². The molecule has 1 aromatic heterocycles. The van der Waals surface area contributed by atoms with E-state index >= 15 is 0 Å². The summed E-state index contributed by atoms with van der Waals surface area (Å²) in [5.41, 5.74) is 1.97. The Bertz CT molecular complexity index is 592. The Morgan fingerprint density at radius 1 is 1.32 bits per heavy atom. The molecule has 5 nitrogen and oxygen atoms in total. The summed E-state index contributed by atoms with van der Waals surface area (Å²) in [6, 6.07) is 0. The van der Waals surface area contributed by atoms with Crippen molar-refractivity contribution in [2.75, 3.05) is 6.61 Å². The van der Waals surface area contributed by atoms with E-state index in [1.54, 1.807) is 24.5 Å². The molecule has 0 radical (unpaired) electrons. The first-order valence-corrected chi connectivity index (χ1v) is 7.44. The molecular formula is C17H26N2O3. The third kappa shape index (κ3) is 3.78. The lowest BCUT2D eigenvalue weighted by Crippen LogP contribution is -2.41. The molecule has 0 saturated carbocycles. The number of amides is 1. The van der Waals surface area contributed by atoms with Gasteiger partial charge in [0.05, 0.1) is 12.2 Å². The summed E-state index contributed by atoms with van der Waals surface area (Å²) in [7, 11) is 0. The van der Waals surface area contributed by atoms with Crippen LogP contribution in [-0.2, 0) is 11.3 Å². The number of allylic oxidation sites excluding steroid dienone is 1. The van der Waals surface area contributed by atoms with E-state index in [-0.39, 0.29) is 11.4 Å². The zero-order valence-electron chi connectivity index (χ0n) is 14.4. The first-order valence-electron chi connectivity index (χ1n) is 7.44. The third-order valence-corrected chi connectivity index (χ3v) is 3.26. The summed E-state index contributed by atoms with van der Waals surface area (Å²) in [6.45, 7) is 15.6. The van der Waals surface area contributed by atoms with Gasteiger partial charge in [0.1, 0.15) is 5.69 Å². The molecule has 1 N–H and O–H groups in total. The molecule has 0 aliphatic rings. The van der Waals surface area contributed by atoms with Crippen molar-refractivity contribution in [3.05, 3.63) is 35.2 Å². The quantitative estimate of drug-likeness (QED) is 0.672. The number of ether oxygens (including phenoxy) is 1. The fourth-order valence-electron chi connectivity index (χ4n) is 2.45. The van der Waals surface area contributed by atoms with E-state index in [2.05, 4.69) is 11.9 Å². The lowest BCUT2D eigenvalue weighted by Gasteiger charge is -2.20. The highest BCUT2D eigenvalue weighted by molar-refractivity contribution is 6.01. The number of aromatic nitrogens is 1. The number of nitrogens with one attached hydrogen (secondary N) is 1. The van der Waals surface area contributed by atoms with Gasteiger partial charge in [-0.1, -0.05) is 6.08 Å². The van der Waals surface area contributed by atoms with Crippen LogP contribution < -0.4 is 5.32 Å². The lowest BCUT2D eigenvalue weighted by atomic mass is 10.1. The summed E-state index contributed by atoms with van der Waals surface area (Å²) in [5.74, 6) is -0.601. The van der Waals surface area contributed by atoms with Crippen LogP contribution in [0.5, 0.6) is 0 Å². The average Bonchev–Trinajstić information content (AvgIpc) is 2.60. The van der Waals surface area contributed by atoms with Gasteiger partial charge >= 0.3 is 5.97 Å². The zero-order valence-corrected chi connectivity index (χ0v) is 14.4. The van der Waals surface area contributed by atoms with Crippen molar-refractivity contribution in [3.63, 3.8) is 0 Å². The van der Waals surface area contributed by atoms with Crippen LogP contribution in [0.25, 0.3) is 0 Å². The topological polar surface area (TPSA) is 60.3 Å². The molecule has 0 fully saturated rings. The van der Waals surface area contributed by atoms with Crippen LogP contribution >= 0.6 is 0 Å². The minimum atomic E-state index is -0.417. The van der Waals surface area contributed by atoms with Crippen molar-refractivity contribution in [2.24, 2.45) is 0 Å². The Morgan fingerprint density at radius 2 is 1.91 bits per heavy atom. The maximum atomic E-state index is 12.5. The molecule has 22 heavy (non-hydrogen) atoms. The number of carbonyl (C=O) groups is 2. The fourth-order valence-corrected chi connectivity index (χ4v) is 2.45. The summed E-state index contributed by atoms with van der Waals surface area (Å²) in [6.07, 6.45) is 1.70. The number of rotatable bonds is 5. The number of esters is 1. The van der Waals surface area contributed by atoms with E-state index in [4.69, 9.17) is 4.74 Å². The van der Waals surface area contributed by atoms with Crippen LogP contribution in [0.4, 0.5) is 0 Å². The minimum Gasteiger partial charge on any atom is -0.461 e. The fraction of sp³-hybridized carbons (Fsp3) is 0.529. The molecule has 1 rings (SSSR count). The molecule has 0 unspecified atom stereocenters. The molecular weight excluding hydrogens is 280 g/mol. The maximum Gasteiger partial charge on any atom is 0.355 e. The number of hydrogen-bond donors (Lipinski definition) is 1. The summed E-state index contributed by atoms with van der Waals surface area (Å²) in [5, 5.41) is 2.94. The first kappa shape index (κ1) is 18.0. The van der Waals surface area contributed by atoms with Crippen LogP contribution in [0.3, 0.4) is 0 Å². The SMILES string of the molecule is C=CCn1c(C)c(C(=O)NC(C)(C)C)c(C)c1C(=O)OCC. The Balaban J connectivity index is 3.41. The van der Waals surface area contributed by atoms with Crippen molar-refractivity contribution in [1.29, 1.82) is 0 Å². The van der Waals surface area contributed by atoms with Crippen LogP contribution in [0, 0.1) is 13.8 Å². The van der Waals surface area contributed by atoms with Crippen molar-refractivity contribution in [3.8, 4) is 0 Å². The Labute approximate surface area is 132 Å². The standard InChI is InChI=1S/C17H26N2O3/c1-8-10-19-12(4)13(15(20)18-17(5,6)7)11(3)14(19)16(21)22-9-2/h8H,1,9-10H2,2-7H3,(H,18,20). The van der Waals surface area contributed by atoms with Crippen molar-refractivity contribution >= 4 is 11.9 Å². The van der Waals surface area contributed by atoms with E-state index in [1.165, 1.54) is 0 Å². The molecule has 1 heterocycles. The minimum absolute atomic E-state index is 0.184. The molecule has 0 aromatic carbocycles. The normalized spacial score (nSPS) is 11.2. The van der Waals surface area contributed by atoms with Gasteiger partial charge in [-0.15, -0.1) is 6.58 Å². The van der Waals surface area contributed by atoms with E-state index in [0.717, 1.165) is 5.69 Å². The number of hydrogen-bond acceptors (Lipinski definition) is 3. The molecule has 0 spiro atoms. The van der Waals surface area contributed by atoms with Crippen LogP contribution in [0.1, 0.15) is 59.8 Å². The first-order chi connectivity index (χ1) is 10.1. The second-order valence-electron chi connectivity index (χ2n) is 6.26. The van der Waals surface area contributed by atoms with Crippen LogP contribution in [0.2, 0.25) is 0 Å². The van der Waals surface area contributed by atoms with Crippen molar-refractivity contribution in [1.82, 2.24) is 9.88 Å². The van der Waals surface area contributed by atoms with Gasteiger partial charge in [0.2, 0.25) is 0 Å². The molecule has 0 bridgehead atoms. The van der Waals surface area contributed by atoms with Crippen molar-refractivity contribution in [2.45, 2.75) is 53.6 Å². The monoisotopic (exact) mass is 306 g/mol. The largest absolute Gasteiger partial charge is 0.461 e. The van der Waals surface area contributed by atoms with Gasteiger partial charge in [-0.2, -0.15) is 0 Å². The van der Waals surface area contributed by atoms with Crippen LogP contribution in [0.15, 0.2) is 12.7 Å². The highest BCUT2D eigenvalue weighted by atomic mass is 16.5. The smallest absolute Gasteiger partial charge is 0.355 e. The maximum absolute atomic E-state index is 12.5. The van der Waals surface area contributed by atoms with E-state index < -0.39 is 5.97 Å². The number of carbonyl (C=O) groups excluding carboxylic acids is 2. The molecule has 0 aliphatic carbocycles. The Hall–Kier alpha value is -2.04. The summed E-state index contributed by atoms with van der Waals surface area (Å²) in [4.78, 5) is 24.8.